The average Bonchev–Trinajstić information content (AvgIpc) is 3.35. The monoisotopic (exact) mass is 477 g/mol. The topological polar surface area (TPSA) is 119 Å². The lowest BCUT2D eigenvalue weighted by molar-refractivity contribution is -0.148. The molecule has 0 spiro atoms. The van der Waals surface area contributed by atoms with E-state index in [-0.39, 0.29) is 62.1 Å². The van der Waals surface area contributed by atoms with E-state index in [1.54, 1.807) is 36.0 Å². The van der Waals surface area contributed by atoms with Crippen molar-refractivity contribution < 1.29 is 24.6 Å². The molecule has 0 radical (unpaired) electrons. The van der Waals surface area contributed by atoms with Gasteiger partial charge in [0.1, 0.15) is 6.04 Å². The van der Waals surface area contributed by atoms with Crippen LogP contribution in [0.3, 0.4) is 0 Å². The third kappa shape index (κ3) is 6.24. The first kappa shape index (κ1) is 24.7. The molecule has 0 saturated carbocycles. The van der Waals surface area contributed by atoms with E-state index in [2.05, 4.69) is 10.6 Å². The fourth-order valence-electron chi connectivity index (χ4n) is 3.60. The van der Waals surface area contributed by atoms with Crippen molar-refractivity contribution in [2.45, 2.75) is 36.9 Å². The number of aliphatic carboxylic acids is 1. The molecule has 3 rings (SSSR count). The maximum absolute atomic E-state index is 12.9. The number of nitrogens with zero attached hydrogens (tertiary/aromatic N) is 1. The Morgan fingerprint density at radius 1 is 1.30 bits per heavy atom. The zero-order valence-corrected chi connectivity index (χ0v) is 18.5. The fraction of sp³-hybridized carbons (Fsp3) is 0.526. The van der Waals surface area contributed by atoms with Crippen LogP contribution in [0.2, 0.25) is 5.02 Å². The summed E-state index contributed by atoms with van der Waals surface area (Å²) in [5, 5.41) is 25.7. The first-order valence-electron chi connectivity index (χ1n) is 9.39. The second kappa shape index (κ2) is 11.2. The van der Waals surface area contributed by atoms with Crippen LogP contribution in [0.15, 0.2) is 24.3 Å². The molecule has 1 aromatic carbocycles. The van der Waals surface area contributed by atoms with Crippen LogP contribution in [0.25, 0.3) is 0 Å². The molecule has 2 amide bonds. The van der Waals surface area contributed by atoms with E-state index in [1.165, 1.54) is 4.90 Å². The van der Waals surface area contributed by atoms with Gasteiger partial charge < -0.3 is 20.4 Å². The highest BCUT2D eigenvalue weighted by Gasteiger charge is 2.39. The predicted molar refractivity (Wildman–Crippen MR) is 117 cm³/mol. The van der Waals surface area contributed by atoms with Crippen molar-refractivity contribution in [1.29, 1.82) is 0 Å². The lowest BCUT2D eigenvalue weighted by Crippen LogP contribution is -2.44. The van der Waals surface area contributed by atoms with Gasteiger partial charge in [-0.15, -0.1) is 24.2 Å². The molecule has 8 nitrogen and oxygen atoms in total. The van der Waals surface area contributed by atoms with Crippen molar-refractivity contribution in [3.63, 3.8) is 0 Å². The van der Waals surface area contributed by atoms with Crippen molar-refractivity contribution in [3.05, 3.63) is 34.9 Å². The first-order chi connectivity index (χ1) is 13.8. The number of carboxylic acids is 1. The molecule has 4 atom stereocenters. The summed E-state index contributed by atoms with van der Waals surface area (Å²) in [6, 6.07) is 5.73. The number of carbonyl (C=O) groups excluding carboxylic acids is 2. The number of β-amino-alcohol motifs (C(OH)–C–C–N with tert-alkyl or cyclic N) is 1. The summed E-state index contributed by atoms with van der Waals surface area (Å²) in [6.45, 7) is 0.238. The zero-order valence-electron chi connectivity index (χ0n) is 16.1. The Balaban J connectivity index is 0.00000320. The van der Waals surface area contributed by atoms with Gasteiger partial charge in [0.05, 0.1) is 12.1 Å². The van der Waals surface area contributed by atoms with E-state index in [4.69, 9.17) is 11.6 Å². The Kier molecular flexibility index (Phi) is 9.24. The second-order valence-corrected chi connectivity index (χ2v) is 8.73. The quantitative estimate of drug-likeness (QED) is 0.463. The zero-order chi connectivity index (χ0) is 21.0. The van der Waals surface area contributed by atoms with Crippen LogP contribution >= 0.6 is 35.8 Å². The summed E-state index contributed by atoms with van der Waals surface area (Å²) in [5.74, 6) is -0.534. The van der Waals surface area contributed by atoms with Gasteiger partial charge in [-0.05, 0) is 17.7 Å². The highest BCUT2D eigenvalue weighted by molar-refractivity contribution is 7.99. The molecular formula is C19H25Cl2N3O5S. The predicted octanol–water partition coefficient (Wildman–Crippen LogP) is 1.06. The van der Waals surface area contributed by atoms with Gasteiger partial charge in [-0.3, -0.25) is 14.9 Å². The molecule has 0 aromatic heterocycles. The third-order valence-corrected chi connectivity index (χ3v) is 6.39. The number of carbonyl (C=O) groups is 3. The Labute approximate surface area is 190 Å². The smallest absolute Gasteiger partial charge is 0.326 e. The normalized spacial score (nSPS) is 24.2. The van der Waals surface area contributed by atoms with Gasteiger partial charge >= 0.3 is 5.97 Å². The number of thioether (sulfide) groups is 1. The van der Waals surface area contributed by atoms with E-state index >= 15 is 0 Å². The van der Waals surface area contributed by atoms with Crippen LogP contribution in [0.1, 0.15) is 24.3 Å². The lowest BCUT2D eigenvalue weighted by atomic mass is 9.94. The van der Waals surface area contributed by atoms with Crippen LogP contribution in [0.4, 0.5) is 0 Å². The number of likely N-dealkylation sites (tertiary alicyclic amines) is 1. The molecule has 1 aromatic rings. The summed E-state index contributed by atoms with van der Waals surface area (Å²) in [6.07, 6.45) is -0.806. The molecule has 1 unspecified atom stereocenters. The van der Waals surface area contributed by atoms with Crippen molar-refractivity contribution in [2.75, 3.05) is 24.7 Å². The van der Waals surface area contributed by atoms with Gasteiger partial charge in [0, 0.05) is 48.5 Å². The summed E-state index contributed by atoms with van der Waals surface area (Å²) >= 11 is 7.61. The van der Waals surface area contributed by atoms with Crippen LogP contribution in [0, 0.1) is 0 Å². The van der Waals surface area contributed by atoms with Crippen LogP contribution in [0.5, 0.6) is 0 Å². The minimum absolute atomic E-state index is 0. The molecule has 2 fully saturated rings. The minimum atomic E-state index is -1.13. The molecule has 30 heavy (non-hydrogen) atoms. The van der Waals surface area contributed by atoms with Gasteiger partial charge in [-0.2, -0.15) is 0 Å². The lowest BCUT2D eigenvalue weighted by Gasteiger charge is -2.25. The molecule has 2 aliphatic heterocycles. The number of hydrogen-bond acceptors (Lipinski definition) is 6. The Hall–Kier alpha value is -1.52. The highest BCUT2D eigenvalue weighted by atomic mass is 35.5. The largest absolute Gasteiger partial charge is 0.480 e. The average molecular weight is 478 g/mol. The molecular weight excluding hydrogens is 453 g/mol. The standard InChI is InChI=1S/C19H24ClN3O5S.ClH/c20-13-3-1-11(2-4-13)12(7-21-18(26)15-9-29-10-22-15)5-17(25)23-8-14(24)6-16(23)19(27)28;/h1-4,12,14-16,22,24H,5-10H2,(H,21,26)(H,27,28);1H/t12-,14?,15-,16-;/m0./s1. The minimum Gasteiger partial charge on any atom is -0.480 e. The van der Waals surface area contributed by atoms with Crippen molar-refractivity contribution in [1.82, 2.24) is 15.5 Å². The van der Waals surface area contributed by atoms with Crippen molar-refractivity contribution in [3.8, 4) is 0 Å². The third-order valence-electron chi connectivity index (χ3n) is 5.20. The van der Waals surface area contributed by atoms with E-state index in [9.17, 15) is 24.6 Å². The molecule has 0 bridgehead atoms. The number of hydrogen-bond donors (Lipinski definition) is 4. The van der Waals surface area contributed by atoms with Gasteiger partial charge in [0.25, 0.3) is 0 Å². The maximum Gasteiger partial charge on any atom is 0.326 e. The van der Waals surface area contributed by atoms with E-state index < -0.39 is 18.1 Å². The highest BCUT2D eigenvalue weighted by Crippen LogP contribution is 2.26. The number of aliphatic hydroxyl groups is 1. The second-order valence-electron chi connectivity index (χ2n) is 7.26. The van der Waals surface area contributed by atoms with Crippen molar-refractivity contribution in [2.24, 2.45) is 0 Å². The summed E-state index contributed by atoms with van der Waals surface area (Å²) in [7, 11) is 0. The molecule has 2 saturated heterocycles. The number of benzene rings is 1. The summed E-state index contributed by atoms with van der Waals surface area (Å²) in [4.78, 5) is 37.8. The number of halogens is 2. The van der Waals surface area contributed by atoms with Gasteiger partial charge in [-0.25, -0.2) is 4.79 Å². The number of amides is 2. The molecule has 11 heteroatoms. The maximum atomic E-state index is 12.9. The van der Waals surface area contributed by atoms with Gasteiger partial charge in [0.15, 0.2) is 0 Å². The van der Waals surface area contributed by atoms with E-state index in [1.807, 2.05) is 0 Å². The number of aliphatic hydroxyl groups excluding tert-OH is 1. The van der Waals surface area contributed by atoms with Gasteiger partial charge in [0.2, 0.25) is 11.8 Å². The Morgan fingerprint density at radius 2 is 2.00 bits per heavy atom. The first-order valence-corrected chi connectivity index (χ1v) is 10.9. The number of nitrogens with one attached hydrogen (secondary N) is 2. The van der Waals surface area contributed by atoms with Crippen molar-refractivity contribution >= 4 is 53.6 Å². The van der Waals surface area contributed by atoms with Gasteiger partial charge in [-0.1, -0.05) is 23.7 Å². The SMILES string of the molecule is Cl.O=C(NC[C@H](CC(=O)N1CC(O)C[C@H]1C(=O)O)c1ccc(Cl)cc1)[C@@H]1CSCN1. The fourth-order valence-corrected chi connectivity index (χ4v) is 4.67. The number of rotatable bonds is 7. The molecule has 4 N–H and O–H groups in total. The van der Waals surface area contributed by atoms with E-state index in [0.717, 1.165) is 11.4 Å². The molecule has 0 aliphatic carbocycles. The molecule has 2 heterocycles. The van der Waals surface area contributed by atoms with E-state index in [0.29, 0.717) is 10.8 Å². The number of carboxylic acid groups (broad SMARTS) is 1. The summed E-state index contributed by atoms with van der Waals surface area (Å²) in [5.41, 5.74) is 0.823. The summed E-state index contributed by atoms with van der Waals surface area (Å²) < 4.78 is 0. The van der Waals surface area contributed by atoms with Crippen LogP contribution in [-0.4, -0.2) is 75.8 Å². The molecule has 2 aliphatic rings. The molecule has 166 valence electrons. The van der Waals surface area contributed by atoms with Crippen LogP contribution < -0.4 is 10.6 Å². The Morgan fingerprint density at radius 3 is 2.60 bits per heavy atom. The Bertz CT molecular complexity index is 761. The van der Waals surface area contributed by atoms with Crippen LogP contribution in [-0.2, 0) is 14.4 Å².